The molecule has 1 aromatic carbocycles. The number of carboxylic acids is 1. The van der Waals surface area contributed by atoms with Gasteiger partial charge >= 0.3 is 5.97 Å². The fourth-order valence-corrected chi connectivity index (χ4v) is 1.47. The number of rotatable bonds is 5. The van der Waals surface area contributed by atoms with E-state index in [1.54, 1.807) is 0 Å². The quantitative estimate of drug-likeness (QED) is 0.770. The minimum atomic E-state index is -0.951. The van der Waals surface area contributed by atoms with E-state index in [1.165, 1.54) is 5.56 Å². The van der Waals surface area contributed by atoms with Gasteiger partial charge in [0, 0.05) is 0 Å². The first-order chi connectivity index (χ1) is 7.13. The second-order valence-electron chi connectivity index (χ2n) is 3.72. The maximum absolute atomic E-state index is 10.5. The number of nitrogens with two attached hydrogens (primary N) is 1. The monoisotopic (exact) mass is 207 g/mol. The van der Waals surface area contributed by atoms with Crippen LogP contribution in [0.1, 0.15) is 24.5 Å². The molecule has 0 aliphatic rings. The van der Waals surface area contributed by atoms with Crippen molar-refractivity contribution in [3.63, 3.8) is 0 Å². The van der Waals surface area contributed by atoms with E-state index in [0.29, 0.717) is 6.42 Å². The van der Waals surface area contributed by atoms with Crippen molar-refractivity contribution < 1.29 is 9.90 Å². The highest BCUT2D eigenvalue weighted by molar-refractivity contribution is 5.73. The van der Waals surface area contributed by atoms with E-state index in [4.69, 9.17) is 10.8 Å². The summed E-state index contributed by atoms with van der Waals surface area (Å²) in [4.78, 5) is 10.5. The molecule has 0 aliphatic heterocycles. The third-order valence-electron chi connectivity index (χ3n) is 2.33. The van der Waals surface area contributed by atoms with Crippen molar-refractivity contribution in [1.82, 2.24) is 0 Å². The number of carbonyl (C=O) groups is 1. The van der Waals surface area contributed by atoms with Gasteiger partial charge in [-0.25, -0.2) is 0 Å². The number of aliphatic carboxylic acids is 1. The summed E-state index contributed by atoms with van der Waals surface area (Å²) in [5, 5.41) is 8.66. The molecule has 0 unspecified atom stereocenters. The Bertz CT molecular complexity index is 319. The van der Waals surface area contributed by atoms with Crippen molar-refractivity contribution in [2.75, 3.05) is 0 Å². The first-order valence-corrected chi connectivity index (χ1v) is 5.19. The summed E-state index contributed by atoms with van der Waals surface area (Å²) < 4.78 is 0. The van der Waals surface area contributed by atoms with Crippen molar-refractivity contribution in [2.45, 2.75) is 32.2 Å². The predicted molar refractivity (Wildman–Crippen MR) is 59.8 cm³/mol. The average Bonchev–Trinajstić information content (AvgIpc) is 2.21. The number of hydrogen-bond acceptors (Lipinski definition) is 2. The van der Waals surface area contributed by atoms with Gasteiger partial charge in [0.25, 0.3) is 0 Å². The molecule has 1 atom stereocenters. The molecule has 3 nitrogen and oxygen atoms in total. The highest BCUT2D eigenvalue weighted by atomic mass is 16.4. The Morgan fingerprint density at radius 2 is 1.87 bits per heavy atom. The third-order valence-corrected chi connectivity index (χ3v) is 2.33. The minimum absolute atomic E-state index is 0.391. The molecule has 0 heterocycles. The van der Waals surface area contributed by atoms with Crippen LogP contribution in [-0.2, 0) is 17.6 Å². The lowest BCUT2D eigenvalue weighted by Crippen LogP contribution is -2.32. The summed E-state index contributed by atoms with van der Waals surface area (Å²) in [7, 11) is 0. The maximum atomic E-state index is 10.5. The summed E-state index contributed by atoms with van der Waals surface area (Å²) >= 11 is 0. The summed E-state index contributed by atoms with van der Waals surface area (Å²) in [5.41, 5.74) is 7.70. The first-order valence-electron chi connectivity index (χ1n) is 5.19. The largest absolute Gasteiger partial charge is 0.480 e. The Balaban J connectivity index is 2.60. The molecule has 0 saturated carbocycles. The Kier molecular flexibility index (Phi) is 4.31. The van der Waals surface area contributed by atoms with Crippen LogP contribution in [0.4, 0.5) is 0 Å². The third kappa shape index (κ3) is 3.72. The Morgan fingerprint density at radius 1 is 1.33 bits per heavy atom. The lowest BCUT2D eigenvalue weighted by Gasteiger charge is -2.07. The van der Waals surface area contributed by atoms with Crippen LogP contribution in [0.25, 0.3) is 0 Å². The van der Waals surface area contributed by atoms with E-state index in [1.807, 2.05) is 24.3 Å². The van der Waals surface area contributed by atoms with Gasteiger partial charge in [-0.05, 0) is 24.0 Å². The molecular weight excluding hydrogens is 190 g/mol. The summed E-state index contributed by atoms with van der Waals surface area (Å²) in [6.07, 6.45) is 2.57. The van der Waals surface area contributed by atoms with E-state index in [-0.39, 0.29) is 0 Å². The van der Waals surface area contributed by atoms with E-state index in [2.05, 4.69) is 6.92 Å². The average molecular weight is 207 g/mol. The van der Waals surface area contributed by atoms with Crippen LogP contribution in [0, 0.1) is 0 Å². The zero-order chi connectivity index (χ0) is 11.3. The Labute approximate surface area is 89.9 Å². The lowest BCUT2D eigenvalue weighted by molar-refractivity contribution is -0.138. The lowest BCUT2D eigenvalue weighted by atomic mass is 10.0. The molecule has 15 heavy (non-hydrogen) atoms. The van der Waals surface area contributed by atoms with Gasteiger partial charge in [0.05, 0.1) is 0 Å². The van der Waals surface area contributed by atoms with Crippen LogP contribution < -0.4 is 5.73 Å². The van der Waals surface area contributed by atoms with Crippen LogP contribution >= 0.6 is 0 Å². The maximum Gasteiger partial charge on any atom is 0.320 e. The molecule has 3 N–H and O–H groups in total. The van der Waals surface area contributed by atoms with Crippen LogP contribution in [0.2, 0.25) is 0 Å². The predicted octanol–water partition coefficient (Wildman–Crippen LogP) is 1.59. The van der Waals surface area contributed by atoms with Gasteiger partial charge in [0.15, 0.2) is 0 Å². The molecule has 82 valence electrons. The smallest absolute Gasteiger partial charge is 0.320 e. The van der Waals surface area contributed by atoms with Gasteiger partial charge in [0.1, 0.15) is 6.04 Å². The fraction of sp³-hybridized carbons (Fsp3) is 0.417. The van der Waals surface area contributed by atoms with Crippen LogP contribution in [0.5, 0.6) is 0 Å². The van der Waals surface area contributed by atoms with Crippen molar-refractivity contribution in [3.05, 3.63) is 35.4 Å². The molecule has 0 fully saturated rings. The molecule has 1 rings (SSSR count). The van der Waals surface area contributed by atoms with Crippen LogP contribution in [0.15, 0.2) is 24.3 Å². The molecule has 0 bridgehead atoms. The van der Waals surface area contributed by atoms with Crippen molar-refractivity contribution in [1.29, 1.82) is 0 Å². The van der Waals surface area contributed by atoms with E-state index in [9.17, 15) is 4.79 Å². The van der Waals surface area contributed by atoms with Gasteiger partial charge in [-0.2, -0.15) is 0 Å². The molecule has 0 saturated heterocycles. The van der Waals surface area contributed by atoms with Crippen LogP contribution in [0.3, 0.4) is 0 Å². The number of hydrogen-bond donors (Lipinski definition) is 2. The zero-order valence-electron chi connectivity index (χ0n) is 8.94. The molecule has 1 aromatic rings. The Morgan fingerprint density at radius 3 is 2.33 bits per heavy atom. The minimum Gasteiger partial charge on any atom is -0.480 e. The first kappa shape index (κ1) is 11.7. The summed E-state index contributed by atoms with van der Waals surface area (Å²) in [5.74, 6) is -0.951. The molecule has 0 aromatic heterocycles. The highest BCUT2D eigenvalue weighted by Crippen LogP contribution is 2.08. The molecule has 0 aliphatic carbocycles. The van der Waals surface area contributed by atoms with E-state index >= 15 is 0 Å². The van der Waals surface area contributed by atoms with E-state index < -0.39 is 12.0 Å². The number of carboxylic acid groups (broad SMARTS) is 1. The van der Waals surface area contributed by atoms with Gasteiger partial charge in [-0.15, -0.1) is 0 Å². The number of aryl methyl sites for hydroxylation is 1. The molecule has 0 amide bonds. The number of benzene rings is 1. The normalized spacial score (nSPS) is 12.4. The van der Waals surface area contributed by atoms with Gasteiger partial charge < -0.3 is 10.8 Å². The van der Waals surface area contributed by atoms with Crippen molar-refractivity contribution >= 4 is 5.97 Å². The van der Waals surface area contributed by atoms with Crippen LogP contribution in [-0.4, -0.2) is 17.1 Å². The standard InChI is InChI=1S/C12H17NO2/c1-2-3-9-4-6-10(7-5-9)8-11(13)12(14)15/h4-7,11H,2-3,8,13H2,1H3,(H,14,15)/t11-/m0/s1. The topological polar surface area (TPSA) is 63.3 Å². The van der Waals surface area contributed by atoms with Gasteiger partial charge in [0.2, 0.25) is 0 Å². The second kappa shape index (κ2) is 5.51. The van der Waals surface area contributed by atoms with Gasteiger partial charge in [-0.1, -0.05) is 37.6 Å². The molecule has 0 radical (unpaired) electrons. The zero-order valence-corrected chi connectivity index (χ0v) is 8.94. The summed E-state index contributed by atoms with van der Waals surface area (Å²) in [6.45, 7) is 2.13. The highest BCUT2D eigenvalue weighted by Gasteiger charge is 2.11. The fourth-order valence-electron chi connectivity index (χ4n) is 1.47. The van der Waals surface area contributed by atoms with E-state index in [0.717, 1.165) is 18.4 Å². The Hall–Kier alpha value is -1.35. The molecular formula is C12H17NO2. The van der Waals surface area contributed by atoms with Crippen molar-refractivity contribution in [3.8, 4) is 0 Å². The molecule has 3 heteroatoms. The molecule has 0 spiro atoms. The van der Waals surface area contributed by atoms with Gasteiger partial charge in [-0.3, -0.25) is 4.79 Å². The summed E-state index contributed by atoms with van der Waals surface area (Å²) in [6, 6.07) is 7.17. The second-order valence-corrected chi connectivity index (χ2v) is 3.72. The SMILES string of the molecule is CCCc1ccc(C[C@H](N)C(=O)O)cc1. The van der Waals surface area contributed by atoms with Crippen molar-refractivity contribution in [2.24, 2.45) is 5.73 Å².